The van der Waals surface area contributed by atoms with Crippen LogP contribution in [0.4, 0.5) is 0 Å². The van der Waals surface area contributed by atoms with Gasteiger partial charge in [0.05, 0.1) is 13.2 Å². The van der Waals surface area contributed by atoms with Crippen LogP contribution in [0.25, 0.3) is 20.2 Å². The third kappa shape index (κ3) is 6.65. The molecule has 7 nitrogen and oxygen atoms in total. The van der Waals surface area contributed by atoms with Gasteiger partial charge in [0, 0.05) is 25.7 Å². The SMILES string of the molecule is CC(C)(O)ONC1(C#Cc2ccc3c(=O)c4cc(OCc5ccccc5)ccc4sc3c2)COC(C)(C)OC1. The molecule has 0 spiro atoms. The smallest absolute Gasteiger partial charge is 0.196 e. The highest BCUT2D eigenvalue weighted by Crippen LogP contribution is 2.29. The molecule has 0 radical (unpaired) electrons. The van der Waals surface area contributed by atoms with E-state index in [0.717, 1.165) is 20.5 Å². The van der Waals surface area contributed by atoms with Crippen molar-refractivity contribution < 1.29 is 24.2 Å². The molecule has 1 aliphatic rings. The van der Waals surface area contributed by atoms with E-state index >= 15 is 0 Å². The van der Waals surface area contributed by atoms with Gasteiger partial charge in [-0.3, -0.25) is 9.63 Å². The van der Waals surface area contributed by atoms with E-state index in [1.807, 2.05) is 74.5 Å². The summed E-state index contributed by atoms with van der Waals surface area (Å²) < 4.78 is 19.3. The Morgan fingerprint density at radius 3 is 2.46 bits per heavy atom. The first-order chi connectivity index (χ1) is 18.5. The molecular weight excluding hydrogens is 514 g/mol. The maximum Gasteiger partial charge on any atom is 0.196 e. The van der Waals surface area contributed by atoms with Crippen LogP contribution in [0, 0.1) is 11.8 Å². The van der Waals surface area contributed by atoms with Crippen molar-refractivity contribution in [2.45, 2.75) is 51.4 Å². The first kappa shape index (κ1) is 27.3. The lowest BCUT2D eigenvalue weighted by molar-refractivity contribution is -0.296. The monoisotopic (exact) mass is 545 g/mol. The summed E-state index contributed by atoms with van der Waals surface area (Å²) in [5, 5.41) is 11.3. The van der Waals surface area contributed by atoms with Crippen molar-refractivity contribution in [3.05, 3.63) is 88.1 Å². The maximum absolute atomic E-state index is 13.4. The first-order valence-corrected chi connectivity index (χ1v) is 13.5. The summed E-state index contributed by atoms with van der Waals surface area (Å²) in [4.78, 5) is 18.8. The fourth-order valence-corrected chi connectivity index (χ4v) is 5.08. The van der Waals surface area contributed by atoms with Crippen LogP contribution in [0.2, 0.25) is 0 Å². The topological polar surface area (TPSA) is 86.3 Å². The zero-order valence-corrected chi connectivity index (χ0v) is 23.2. The van der Waals surface area contributed by atoms with Gasteiger partial charge in [-0.25, -0.2) is 0 Å². The molecule has 0 atom stereocenters. The molecule has 1 aromatic heterocycles. The van der Waals surface area contributed by atoms with Gasteiger partial charge in [-0.05, 0) is 69.7 Å². The van der Waals surface area contributed by atoms with Gasteiger partial charge in [-0.2, -0.15) is 5.48 Å². The van der Waals surface area contributed by atoms with E-state index in [9.17, 15) is 9.90 Å². The van der Waals surface area contributed by atoms with E-state index < -0.39 is 17.1 Å². The minimum Gasteiger partial charge on any atom is -0.489 e. The molecule has 0 saturated carbocycles. The number of hydrogen-bond acceptors (Lipinski definition) is 8. The minimum atomic E-state index is -1.41. The van der Waals surface area contributed by atoms with E-state index in [4.69, 9.17) is 19.0 Å². The normalized spacial score (nSPS) is 16.5. The van der Waals surface area contributed by atoms with Gasteiger partial charge in [0.2, 0.25) is 0 Å². The molecule has 2 heterocycles. The van der Waals surface area contributed by atoms with Crippen LogP contribution in [-0.4, -0.2) is 35.4 Å². The van der Waals surface area contributed by atoms with Crippen molar-refractivity contribution in [2.24, 2.45) is 0 Å². The van der Waals surface area contributed by atoms with Crippen molar-refractivity contribution in [3.63, 3.8) is 0 Å². The number of rotatable bonds is 6. The van der Waals surface area contributed by atoms with Crippen LogP contribution < -0.4 is 15.6 Å². The molecule has 3 aromatic carbocycles. The molecular formula is C31H31NO6S. The lowest BCUT2D eigenvalue weighted by Gasteiger charge is -2.41. The Labute approximate surface area is 231 Å². The van der Waals surface area contributed by atoms with Gasteiger partial charge in [0.15, 0.2) is 22.5 Å². The highest BCUT2D eigenvalue weighted by atomic mass is 32.1. The van der Waals surface area contributed by atoms with Gasteiger partial charge in [-0.1, -0.05) is 42.2 Å². The highest BCUT2D eigenvalue weighted by molar-refractivity contribution is 7.24. The molecule has 202 valence electrons. The summed E-state index contributed by atoms with van der Waals surface area (Å²) in [5.74, 6) is 4.84. The first-order valence-electron chi connectivity index (χ1n) is 12.7. The van der Waals surface area contributed by atoms with E-state index in [2.05, 4.69) is 17.3 Å². The molecule has 5 rings (SSSR count). The molecule has 0 amide bonds. The predicted molar refractivity (Wildman–Crippen MR) is 152 cm³/mol. The number of hydroxylamine groups is 1. The number of fused-ring (bicyclic) bond motifs is 2. The Morgan fingerprint density at radius 2 is 1.74 bits per heavy atom. The molecule has 0 bridgehead atoms. The molecule has 1 fully saturated rings. The van der Waals surface area contributed by atoms with Crippen LogP contribution >= 0.6 is 11.3 Å². The third-order valence-corrected chi connectivity index (χ3v) is 7.30. The number of benzene rings is 3. The van der Waals surface area contributed by atoms with Crippen LogP contribution in [-0.2, 0) is 20.9 Å². The van der Waals surface area contributed by atoms with Gasteiger partial charge in [0.25, 0.3) is 0 Å². The fraction of sp³-hybridized carbons (Fsp3) is 0.323. The standard InChI is InChI=1S/C31H31NO6S/c1-29(2,34)38-32-31(19-36-30(3,4)37-20-31)15-14-21-10-12-24-27(16-21)39-26-13-11-23(17-25(26)28(24)33)35-18-22-8-6-5-7-9-22/h5-13,16-17,32,34H,18-20H2,1-4H3. The second-order valence-corrected chi connectivity index (χ2v) is 11.6. The number of nitrogens with one attached hydrogen (secondary N) is 1. The lowest BCUT2D eigenvalue weighted by atomic mass is 10.0. The van der Waals surface area contributed by atoms with Crippen LogP contribution in [0.1, 0.15) is 38.8 Å². The fourth-order valence-electron chi connectivity index (χ4n) is 3.99. The molecule has 8 heteroatoms. The summed E-state index contributed by atoms with van der Waals surface area (Å²) in [6.07, 6.45) is 0. The summed E-state index contributed by atoms with van der Waals surface area (Å²) in [5.41, 5.74) is 3.61. The van der Waals surface area contributed by atoms with Gasteiger partial charge in [0.1, 0.15) is 12.4 Å². The Hall–Kier alpha value is -3.29. The van der Waals surface area contributed by atoms with Crippen molar-refractivity contribution in [1.82, 2.24) is 5.48 Å². The molecule has 0 aliphatic carbocycles. The maximum atomic E-state index is 13.4. The third-order valence-electron chi connectivity index (χ3n) is 6.16. The van der Waals surface area contributed by atoms with Crippen molar-refractivity contribution >= 4 is 31.5 Å². The summed E-state index contributed by atoms with van der Waals surface area (Å²) in [7, 11) is 0. The Morgan fingerprint density at radius 1 is 1.00 bits per heavy atom. The minimum absolute atomic E-state index is 0.0450. The summed E-state index contributed by atoms with van der Waals surface area (Å²) in [6.45, 7) is 7.52. The Bertz CT molecular complexity index is 1600. The largest absolute Gasteiger partial charge is 0.489 e. The Kier molecular flexibility index (Phi) is 7.49. The van der Waals surface area contributed by atoms with Crippen molar-refractivity contribution in [1.29, 1.82) is 0 Å². The molecule has 1 aliphatic heterocycles. The number of hydrogen-bond donors (Lipinski definition) is 2. The molecule has 39 heavy (non-hydrogen) atoms. The van der Waals surface area contributed by atoms with E-state index in [-0.39, 0.29) is 18.6 Å². The average molecular weight is 546 g/mol. The average Bonchev–Trinajstić information content (AvgIpc) is 2.91. The summed E-state index contributed by atoms with van der Waals surface area (Å²) >= 11 is 1.53. The highest BCUT2D eigenvalue weighted by Gasteiger charge is 2.40. The van der Waals surface area contributed by atoms with Gasteiger partial charge < -0.3 is 19.3 Å². The molecule has 4 aromatic rings. The van der Waals surface area contributed by atoms with Crippen molar-refractivity contribution in [3.8, 4) is 17.6 Å². The number of ether oxygens (including phenoxy) is 3. The summed E-state index contributed by atoms with van der Waals surface area (Å²) in [6, 6.07) is 21.1. The predicted octanol–water partition coefficient (Wildman–Crippen LogP) is 5.12. The molecule has 0 unspecified atom stereocenters. The van der Waals surface area contributed by atoms with Crippen molar-refractivity contribution in [2.75, 3.05) is 13.2 Å². The lowest BCUT2D eigenvalue weighted by Crippen LogP contribution is -2.60. The number of aliphatic hydroxyl groups is 1. The van der Waals surface area contributed by atoms with E-state index in [1.165, 1.54) is 25.2 Å². The van der Waals surface area contributed by atoms with E-state index in [0.29, 0.717) is 23.1 Å². The van der Waals surface area contributed by atoms with Crippen LogP contribution in [0.15, 0.2) is 71.5 Å². The zero-order valence-electron chi connectivity index (χ0n) is 22.4. The van der Waals surface area contributed by atoms with Crippen LogP contribution in [0.5, 0.6) is 5.75 Å². The quantitative estimate of drug-likeness (QED) is 0.151. The molecule has 2 N–H and O–H groups in total. The Balaban J connectivity index is 1.42. The van der Waals surface area contributed by atoms with E-state index in [1.54, 1.807) is 6.07 Å². The zero-order chi connectivity index (χ0) is 27.7. The second-order valence-electron chi connectivity index (χ2n) is 10.5. The van der Waals surface area contributed by atoms with Crippen LogP contribution in [0.3, 0.4) is 0 Å². The molecule has 1 saturated heterocycles. The second kappa shape index (κ2) is 10.7. The van der Waals surface area contributed by atoms with Gasteiger partial charge in [-0.15, -0.1) is 11.3 Å². The van der Waals surface area contributed by atoms with Gasteiger partial charge >= 0.3 is 0 Å².